The van der Waals surface area contributed by atoms with Gasteiger partial charge in [0.15, 0.2) is 5.65 Å². The van der Waals surface area contributed by atoms with Gasteiger partial charge in [0.25, 0.3) is 0 Å². The Labute approximate surface area is 189 Å². The number of hydrogen-bond acceptors (Lipinski definition) is 7. The summed E-state index contributed by atoms with van der Waals surface area (Å²) in [6.45, 7) is 2.12. The van der Waals surface area contributed by atoms with Crippen molar-refractivity contribution in [3.05, 3.63) is 66.4 Å². The second-order valence-electron chi connectivity index (χ2n) is 7.30. The smallest absolute Gasteiger partial charge is 0.205 e. The Bertz CT molecular complexity index is 1360. The van der Waals surface area contributed by atoms with Crippen LogP contribution in [0.25, 0.3) is 28.2 Å². The number of thioether (sulfide) groups is 1. The quantitative estimate of drug-likeness (QED) is 0.384. The van der Waals surface area contributed by atoms with E-state index in [9.17, 15) is 0 Å². The molecule has 0 radical (unpaired) electrons. The normalized spacial score (nSPS) is 11.2. The van der Waals surface area contributed by atoms with Crippen LogP contribution in [0.4, 0.5) is 11.5 Å². The largest absolute Gasteiger partial charge is 0.329 e. The average Bonchev–Trinajstić information content (AvgIpc) is 3.53. The molecule has 0 aliphatic rings. The number of H-pyrrole nitrogens is 1. The van der Waals surface area contributed by atoms with Crippen LogP contribution in [0.3, 0.4) is 0 Å². The fraction of sp³-hybridized carbons (Fsp3) is 0.174. The van der Waals surface area contributed by atoms with E-state index in [0.717, 1.165) is 51.0 Å². The second-order valence-corrected chi connectivity index (χ2v) is 8.13. The van der Waals surface area contributed by atoms with E-state index in [1.165, 1.54) is 0 Å². The molecule has 0 amide bonds. The molecule has 0 unspecified atom stereocenters. The minimum absolute atomic E-state index is 0.580. The molecule has 3 aromatic heterocycles. The van der Waals surface area contributed by atoms with Crippen LogP contribution in [-0.2, 0) is 6.42 Å². The molecule has 0 aliphatic heterocycles. The summed E-state index contributed by atoms with van der Waals surface area (Å²) in [7, 11) is 2.05. The van der Waals surface area contributed by atoms with Crippen LogP contribution in [0.1, 0.15) is 12.6 Å². The van der Waals surface area contributed by atoms with Gasteiger partial charge in [-0.15, -0.1) is 22.0 Å². The Kier molecular flexibility index (Phi) is 5.32. The SMILES string of the molecule is CCc1cc(N(C)c2ccc(-c3ccccc3-c3nn[nH]n3)cc2)n2nc(SC)cc2n1. The molecule has 0 saturated carbocycles. The predicted octanol–water partition coefficient (Wildman–Crippen LogP) is 4.63. The summed E-state index contributed by atoms with van der Waals surface area (Å²) >= 11 is 1.62. The maximum absolute atomic E-state index is 4.73. The molecule has 160 valence electrons. The molecule has 8 nitrogen and oxygen atoms in total. The number of tetrazole rings is 1. The van der Waals surface area contributed by atoms with Gasteiger partial charge in [-0.3, -0.25) is 0 Å². The number of aromatic nitrogens is 7. The number of aromatic amines is 1. The van der Waals surface area contributed by atoms with Gasteiger partial charge in [-0.2, -0.15) is 14.8 Å². The number of hydrogen-bond donors (Lipinski definition) is 1. The zero-order chi connectivity index (χ0) is 22.1. The molecule has 0 aliphatic carbocycles. The molecule has 0 atom stereocenters. The minimum Gasteiger partial charge on any atom is -0.329 e. The Morgan fingerprint density at radius 3 is 2.50 bits per heavy atom. The lowest BCUT2D eigenvalue weighted by Crippen LogP contribution is -2.15. The fourth-order valence-corrected chi connectivity index (χ4v) is 4.10. The highest BCUT2D eigenvalue weighted by molar-refractivity contribution is 7.98. The van der Waals surface area contributed by atoms with Crippen molar-refractivity contribution in [3.8, 4) is 22.5 Å². The summed E-state index contributed by atoms with van der Waals surface area (Å²) in [5, 5.41) is 20.2. The molecule has 9 heteroatoms. The zero-order valence-corrected chi connectivity index (χ0v) is 18.8. The number of anilines is 2. The van der Waals surface area contributed by atoms with Crippen molar-refractivity contribution in [1.82, 2.24) is 35.2 Å². The first-order chi connectivity index (χ1) is 15.7. The molecular formula is C23H22N8S. The molecule has 0 spiro atoms. The Morgan fingerprint density at radius 2 is 1.81 bits per heavy atom. The number of rotatable bonds is 6. The van der Waals surface area contributed by atoms with Gasteiger partial charge < -0.3 is 4.90 Å². The number of benzene rings is 2. The van der Waals surface area contributed by atoms with Crippen LogP contribution in [0, 0.1) is 0 Å². The van der Waals surface area contributed by atoms with Gasteiger partial charge in [0, 0.05) is 36.1 Å². The molecular weight excluding hydrogens is 420 g/mol. The van der Waals surface area contributed by atoms with Crippen LogP contribution in [0.15, 0.2) is 65.7 Å². The van der Waals surface area contributed by atoms with E-state index in [-0.39, 0.29) is 0 Å². The van der Waals surface area contributed by atoms with E-state index in [4.69, 9.17) is 10.1 Å². The molecule has 5 aromatic rings. The van der Waals surface area contributed by atoms with Crippen LogP contribution in [0.2, 0.25) is 0 Å². The Hall–Kier alpha value is -3.72. The average molecular weight is 443 g/mol. The third-order valence-corrected chi connectivity index (χ3v) is 6.05. The van der Waals surface area contributed by atoms with E-state index in [1.54, 1.807) is 11.8 Å². The first-order valence-electron chi connectivity index (χ1n) is 10.3. The monoisotopic (exact) mass is 442 g/mol. The topological polar surface area (TPSA) is 87.9 Å². The van der Waals surface area contributed by atoms with Crippen LogP contribution >= 0.6 is 11.8 Å². The predicted molar refractivity (Wildman–Crippen MR) is 127 cm³/mol. The van der Waals surface area contributed by atoms with Crippen LogP contribution < -0.4 is 4.90 Å². The van der Waals surface area contributed by atoms with E-state index < -0.39 is 0 Å². The lowest BCUT2D eigenvalue weighted by atomic mass is 9.99. The van der Waals surface area contributed by atoms with E-state index >= 15 is 0 Å². The van der Waals surface area contributed by atoms with Crippen molar-refractivity contribution in [3.63, 3.8) is 0 Å². The maximum Gasteiger partial charge on any atom is 0.205 e. The number of fused-ring (bicyclic) bond motifs is 1. The number of nitrogens with zero attached hydrogens (tertiary/aromatic N) is 7. The minimum atomic E-state index is 0.580. The Balaban J connectivity index is 1.53. The van der Waals surface area contributed by atoms with Crippen molar-refractivity contribution in [2.45, 2.75) is 18.4 Å². The van der Waals surface area contributed by atoms with Gasteiger partial charge in [0.2, 0.25) is 5.82 Å². The summed E-state index contributed by atoms with van der Waals surface area (Å²) in [5.74, 6) is 1.56. The third kappa shape index (κ3) is 3.60. The van der Waals surface area contributed by atoms with Crippen molar-refractivity contribution >= 4 is 28.9 Å². The third-order valence-electron chi connectivity index (χ3n) is 5.43. The molecule has 0 bridgehead atoms. The van der Waals surface area contributed by atoms with Gasteiger partial charge in [-0.1, -0.05) is 43.3 Å². The molecule has 2 aromatic carbocycles. The van der Waals surface area contributed by atoms with Crippen molar-refractivity contribution in [2.75, 3.05) is 18.2 Å². The summed E-state index contributed by atoms with van der Waals surface area (Å²) in [5.41, 5.74) is 6.03. The lowest BCUT2D eigenvalue weighted by Gasteiger charge is -2.21. The van der Waals surface area contributed by atoms with Crippen molar-refractivity contribution < 1.29 is 0 Å². The zero-order valence-electron chi connectivity index (χ0n) is 18.0. The first-order valence-corrected chi connectivity index (χ1v) is 11.5. The molecule has 0 fully saturated rings. The van der Waals surface area contributed by atoms with Gasteiger partial charge >= 0.3 is 0 Å². The van der Waals surface area contributed by atoms with E-state index in [1.807, 2.05) is 35.0 Å². The number of aryl methyl sites for hydroxylation is 1. The second kappa shape index (κ2) is 8.43. The number of nitrogens with one attached hydrogen (secondary N) is 1. The van der Waals surface area contributed by atoms with Crippen LogP contribution in [-0.4, -0.2) is 48.5 Å². The molecule has 32 heavy (non-hydrogen) atoms. The van der Waals surface area contributed by atoms with Gasteiger partial charge in [-0.25, -0.2) is 4.98 Å². The lowest BCUT2D eigenvalue weighted by molar-refractivity contribution is 0.858. The van der Waals surface area contributed by atoms with Gasteiger partial charge in [0.1, 0.15) is 10.8 Å². The summed E-state index contributed by atoms with van der Waals surface area (Å²) in [6, 6.07) is 20.6. The highest BCUT2D eigenvalue weighted by Gasteiger charge is 2.15. The summed E-state index contributed by atoms with van der Waals surface area (Å²) < 4.78 is 1.91. The van der Waals surface area contributed by atoms with Crippen LogP contribution in [0.5, 0.6) is 0 Å². The standard InChI is InChI=1S/C23H22N8S/c1-4-16-13-22(31-20(24-16)14-21(27-31)32-3)30(2)17-11-9-15(10-12-17)18-7-5-6-8-19(18)23-25-28-29-26-23/h5-14H,4H2,1-3H3,(H,25,26,28,29). The fourth-order valence-electron chi connectivity index (χ4n) is 3.71. The highest BCUT2D eigenvalue weighted by atomic mass is 32.2. The Morgan fingerprint density at radius 1 is 1.03 bits per heavy atom. The molecule has 5 rings (SSSR count). The molecule has 1 N–H and O–H groups in total. The van der Waals surface area contributed by atoms with Gasteiger partial charge in [0.05, 0.1) is 0 Å². The molecule has 3 heterocycles. The summed E-state index contributed by atoms with van der Waals surface area (Å²) in [4.78, 5) is 6.87. The van der Waals surface area contributed by atoms with E-state index in [2.05, 4.69) is 75.9 Å². The van der Waals surface area contributed by atoms with E-state index in [0.29, 0.717) is 5.82 Å². The highest BCUT2D eigenvalue weighted by Crippen LogP contribution is 2.32. The maximum atomic E-state index is 4.73. The summed E-state index contributed by atoms with van der Waals surface area (Å²) in [6.07, 6.45) is 2.89. The van der Waals surface area contributed by atoms with Crippen molar-refractivity contribution in [2.24, 2.45) is 0 Å². The first kappa shape index (κ1) is 20.2. The van der Waals surface area contributed by atoms with Crippen molar-refractivity contribution in [1.29, 1.82) is 0 Å². The van der Waals surface area contributed by atoms with Gasteiger partial charge in [-0.05, 0) is 41.1 Å². The molecule has 0 saturated heterocycles.